The Morgan fingerprint density at radius 1 is 1.15 bits per heavy atom. The molecule has 0 heterocycles. The molecule has 0 saturated heterocycles. The maximum Gasteiger partial charge on any atom is 0.341 e. The van der Waals surface area contributed by atoms with E-state index >= 15 is 0 Å². The lowest BCUT2D eigenvalue weighted by atomic mass is 10.0. The highest BCUT2D eigenvalue weighted by molar-refractivity contribution is 7.64. The third-order valence-electron chi connectivity index (χ3n) is 2.09. The molecule has 0 N–H and O–H groups in total. The van der Waals surface area contributed by atoms with E-state index in [9.17, 15) is 0 Å². The SMILES string of the molecule is CCC(CCCCCl)C[Si](Cl)(Cl)Cl. The Morgan fingerprint density at radius 3 is 2.15 bits per heavy atom. The molecule has 0 rings (SSSR count). The van der Waals surface area contributed by atoms with Gasteiger partial charge in [-0.1, -0.05) is 26.2 Å². The lowest BCUT2D eigenvalue weighted by molar-refractivity contribution is 0.491. The van der Waals surface area contributed by atoms with E-state index in [0.29, 0.717) is 5.92 Å². The van der Waals surface area contributed by atoms with Crippen LogP contribution >= 0.6 is 44.8 Å². The molecule has 0 aliphatic carbocycles. The smallest absolute Gasteiger partial charge is 0.127 e. The molecule has 1 atom stereocenters. The summed E-state index contributed by atoms with van der Waals surface area (Å²) in [5, 5.41) is 0. The van der Waals surface area contributed by atoms with Crippen molar-refractivity contribution in [2.24, 2.45) is 5.92 Å². The monoisotopic (exact) mass is 280 g/mol. The zero-order chi connectivity index (χ0) is 10.3. The molecule has 0 radical (unpaired) electrons. The van der Waals surface area contributed by atoms with Crippen molar-refractivity contribution < 1.29 is 0 Å². The second-order valence-electron chi connectivity index (χ2n) is 3.28. The largest absolute Gasteiger partial charge is 0.341 e. The van der Waals surface area contributed by atoms with Gasteiger partial charge in [-0.2, -0.15) is 0 Å². The fraction of sp³-hybridized carbons (Fsp3) is 1.00. The normalized spacial score (nSPS) is 14.5. The Morgan fingerprint density at radius 2 is 1.77 bits per heavy atom. The highest BCUT2D eigenvalue weighted by atomic mass is 35.8. The fourth-order valence-electron chi connectivity index (χ4n) is 1.31. The van der Waals surface area contributed by atoms with Crippen LogP contribution in [0.1, 0.15) is 32.6 Å². The van der Waals surface area contributed by atoms with Crippen molar-refractivity contribution >= 4 is 50.8 Å². The third kappa shape index (κ3) is 9.68. The Bertz CT molecular complexity index is 124. The minimum atomic E-state index is -2.42. The van der Waals surface area contributed by atoms with Crippen molar-refractivity contribution in [2.75, 3.05) is 5.88 Å². The first-order valence-electron chi connectivity index (χ1n) is 4.62. The maximum atomic E-state index is 5.86. The van der Waals surface area contributed by atoms with Gasteiger partial charge in [-0.15, -0.1) is 44.8 Å². The van der Waals surface area contributed by atoms with E-state index in [0.717, 1.165) is 37.6 Å². The minimum absolute atomic E-state index is 0.572. The van der Waals surface area contributed by atoms with Crippen LogP contribution in [-0.2, 0) is 0 Å². The summed E-state index contributed by atoms with van der Waals surface area (Å²) in [6, 6.07) is -1.63. The van der Waals surface area contributed by atoms with E-state index in [2.05, 4.69) is 6.92 Å². The molecule has 1 unspecified atom stereocenters. The van der Waals surface area contributed by atoms with Gasteiger partial charge in [-0.25, -0.2) is 0 Å². The average molecular weight is 282 g/mol. The van der Waals surface area contributed by atoms with E-state index in [4.69, 9.17) is 44.8 Å². The Hall–Kier alpha value is 1.38. The number of rotatable bonds is 7. The molecule has 0 aliphatic heterocycles. The summed E-state index contributed by atoms with van der Waals surface area (Å²) in [7, 11) is 0. The van der Waals surface area contributed by atoms with Crippen LogP contribution in [0.5, 0.6) is 0 Å². The van der Waals surface area contributed by atoms with Crippen LogP contribution < -0.4 is 0 Å². The topological polar surface area (TPSA) is 0 Å². The fourth-order valence-corrected chi connectivity index (χ4v) is 4.61. The second-order valence-corrected chi connectivity index (χ2v) is 12.8. The van der Waals surface area contributed by atoms with Crippen LogP contribution in [0.2, 0.25) is 6.04 Å². The first kappa shape index (κ1) is 14.4. The molecule has 0 spiro atoms. The van der Waals surface area contributed by atoms with Gasteiger partial charge in [0.15, 0.2) is 0 Å². The van der Waals surface area contributed by atoms with E-state index < -0.39 is 6.00 Å². The van der Waals surface area contributed by atoms with Gasteiger partial charge in [0.25, 0.3) is 0 Å². The summed E-state index contributed by atoms with van der Waals surface area (Å²) in [6.07, 6.45) is 4.46. The van der Waals surface area contributed by atoms with Crippen molar-refractivity contribution in [3.05, 3.63) is 0 Å². The lowest BCUT2D eigenvalue weighted by Gasteiger charge is -2.17. The third-order valence-corrected chi connectivity index (χ3v) is 4.79. The molecule has 80 valence electrons. The van der Waals surface area contributed by atoms with Crippen molar-refractivity contribution in [3.8, 4) is 0 Å². The summed E-state index contributed by atoms with van der Waals surface area (Å²) in [6.45, 7) is 2.15. The molecule has 13 heavy (non-hydrogen) atoms. The van der Waals surface area contributed by atoms with E-state index in [-0.39, 0.29) is 0 Å². The van der Waals surface area contributed by atoms with Gasteiger partial charge in [0.1, 0.15) is 0 Å². The van der Waals surface area contributed by atoms with Crippen LogP contribution in [-0.4, -0.2) is 11.9 Å². The highest BCUT2D eigenvalue weighted by Gasteiger charge is 2.28. The molecule has 0 aromatic heterocycles. The van der Waals surface area contributed by atoms with Gasteiger partial charge in [0.05, 0.1) is 0 Å². The summed E-state index contributed by atoms with van der Waals surface area (Å²) < 4.78 is 0. The van der Waals surface area contributed by atoms with Gasteiger partial charge >= 0.3 is 6.00 Å². The molecule has 0 fully saturated rings. The van der Waals surface area contributed by atoms with Crippen LogP contribution in [0.25, 0.3) is 0 Å². The number of hydrogen-bond acceptors (Lipinski definition) is 0. The molecule has 5 heteroatoms. The summed E-state index contributed by atoms with van der Waals surface area (Å²) in [5.41, 5.74) is 0. The average Bonchev–Trinajstić information content (AvgIpc) is 2.01. The first-order valence-corrected chi connectivity index (χ1v) is 10.4. The molecule has 0 aromatic carbocycles. The zero-order valence-corrected chi connectivity index (χ0v) is 11.9. The molecule has 0 aromatic rings. The van der Waals surface area contributed by atoms with Gasteiger partial charge in [-0.05, 0) is 18.4 Å². The Balaban J connectivity index is 3.63. The number of unbranched alkanes of at least 4 members (excludes halogenated alkanes) is 1. The van der Waals surface area contributed by atoms with Crippen LogP contribution in [0, 0.1) is 5.92 Å². The van der Waals surface area contributed by atoms with Gasteiger partial charge < -0.3 is 0 Å². The van der Waals surface area contributed by atoms with Crippen molar-refractivity contribution in [3.63, 3.8) is 0 Å². The van der Waals surface area contributed by atoms with Crippen molar-refractivity contribution in [1.29, 1.82) is 0 Å². The predicted molar refractivity (Wildman–Crippen MR) is 66.5 cm³/mol. The molecule has 0 amide bonds. The van der Waals surface area contributed by atoms with E-state index in [1.165, 1.54) is 0 Å². The van der Waals surface area contributed by atoms with Crippen LogP contribution in [0.3, 0.4) is 0 Å². The van der Waals surface area contributed by atoms with Crippen molar-refractivity contribution in [1.82, 2.24) is 0 Å². The zero-order valence-electron chi connectivity index (χ0n) is 7.83. The molecular formula is C8H16Cl4Si. The maximum absolute atomic E-state index is 5.86. The lowest BCUT2D eigenvalue weighted by Crippen LogP contribution is -2.15. The van der Waals surface area contributed by atoms with Crippen molar-refractivity contribution in [2.45, 2.75) is 38.7 Å². The highest BCUT2D eigenvalue weighted by Crippen LogP contribution is 2.32. The standard InChI is InChI=1S/C8H16Cl4Si/c1-2-8(5-3-4-6-9)7-13(10,11)12/h8H,2-7H2,1H3. The van der Waals surface area contributed by atoms with Crippen LogP contribution in [0.15, 0.2) is 0 Å². The quantitative estimate of drug-likeness (QED) is 0.264. The summed E-state index contributed by atoms with van der Waals surface area (Å²) in [5.74, 6) is 1.31. The van der Waals surface area contributed by atoms with Crippen LogP contribution in [0.4, 0.5) is 0 Å². The number of hydrogen-bond donors (Lipinski definition) is 0. The van der Waals surface area contributed by atoms with E-state index in [1.54, 1.807) is 0 Å². The Labute approximate surface area is 101 Å². The predicted octanol–water partition coefficient (Wildman–Crippen LogP) is 5.08. The molecule has 0 nitrogen and oxygen atoms in total. The Kier molecular flexibility index (Phi) is 8.45. The molecular weight excluding hydrogens is 266 g/mol. The number of halogens is 4. The van der Waals surface area contributed by atoms with Gasteiger partial charge in [0.2, 0.25) is 0 Å². The molecule has 0 aliphatic rings. The summed E-state index contributed by atoms with van der Waals surface area (Å²) >= 11 is 23.2. The minimum Gasteiger partial charge on any atom is -0.127 e. The first-order chi connectivity index (χ1) is 5.99. The summed E-state index contributed by atoms with van der Waals surface area (Å²) in [4.78, 5) is 0. The van der Waals surface area contributed by atoms with E-state index in [1.807, 2.05) is 0 Å². The molecule has 0 saturated carbocycles. The van der Waals surface area contributed by atoms with Gasteiger partial charge in [-0.3, -0.25) is 0 Å². The second kappa shape index (κ2) is 7.64. The molecule has 0 bridgehead atoms. The van der Waals surface area contributed by atoms with Gasteiger partial charge in [0, 0.05) is 5.88 Å². The number of alkyl halides is 1.